The Balaban J connectivity index is 2.86. The average molecular weight is 225 g/mol. The van der Waals surface area contributed by atoms with Gasteiger partial charge in [0.2, 0.25) is 0 Å². The lowest BCUT2D eigenvalue weighted by Crippen LogP contribution is -2.27. The van der Waals surface area contributed by atoms with Crippen LogP contribution >= 0.6 is 0 Å². The van der Waals surface area contributed by atoms with E-state index in [0.29, 0.717) is 12.5 Å². The maximum Gasteiger partial charge on any atom is 0.255 e. The highest BCUT2D eigenvalue weighted by Gasteiger charge is 2.15. The Hall–Kier alpha value is -1.58. The molecule has 0 aromatic heterocycles. The predicted octanol–water partition coefficient (Wildman–Crippen LogP) is 2.22. The van der Waals surface area contributed by atoms with E-state index in [2.05, 4.69) is 5.32 Å². The van der Waals surface area contributed by atoms with E-state index in [1.165, 1.54) is 25.3 Å². The summed E-state index contributed by atoms with van der Waals surface area (Å²) in [7, 11) is 1.34. The fraction of sp³-hybridized carbons (Fsp3) is 0.417. The SMILES string of the molecule is COc1c(F)cccc1C(=O)NCC(C)C. The molecule has 1 aromatic carbocycles. The molecule has 0 saturated heterocycles. The predicted molar refractivity (Wildman–Crippen MR) is 60.1 cm³/mol. The Morgan fingerprint density at radius 2 is 2.19 bits per heavy atom. The van der Waals surface area contributed by atoms with Crippen molar-refractivity contribution in [1.82, 2.24) is 5.32 Å². The molecule has 1 rings (SSSR count). The van der Waals surface area contributed by atoms with Gasteiger partial charge in [0, 0.05) is 6.54 Å². The van der Waals surface area contributed by atoms with Crippen molar-refractivity contribution in [2.75, 3.05) is 13.7 Å². The smallest absolute Gasteiger partial charge is 0.255 e. The van der Waals surface area contributed by atoms with Crippen molar-refractivity contribution in [3.05, 3.63) is 29.6 Å². The Kier molecular flexibility index (Phi) is 4.28. The molecular weight excluding hydrogens is 209 g/mol. The fourth-order valence-corrected chi connectivity index (χ4v) is 1.29. The van der Waals surface area contributed by atoms with Crippen LogP contribution in [0.2, 0.25) is 0 Å². The van der Waals surface area contributed by atoms with Gasteiger partial charge in [-0.15, -0.1) is 0 Å². The molecule has 0 radical (unpaired) electrons. The largest absolute Gasteiger partial charge is 0.493 e. The average Bonchev–Trinajstić information content (AvgIpc) is 2.25. The quantitative estimate of drug-likeness (QED) is 0.853. The summed E-state index contributed by atoms with van der Waals surface area (Å²) in [4.78, 5) is 11.7. The van der Waals surface area contributed by atoms with E-state index in [0.717, 1.165) is 0 Å². The molecule has 0 atom stereocenters. The van der Waals surface area contributed by atoms with Crippen LogP contribution in [0.5, 0.6) is 5.75 Å². The van der Waals surface area contributed by atoms with Crippen LogP contribution in [0.25, 0.3) is 0 Å². The molecule has 0 unspecified atom stereocenters. The second kappa shape index (κ2) is 5.49. The number of ether oxygens (including phenoxy) is 1. The Morgan fingerprint density at radius 3 is 2.75 bits per heavy atom. The zero-order valence-corrected chi connectivity index (χ0v) is 9.71. The third-order valence-corrected chi connectivity index (χ3v) is 2.09. The van der Waals surface area contributed by atoms with Crippen LogP contribution in [0, 0.1) is 11.7 Å². The van der Waals surface area contributed by atoms with E-state index >= 15 is 0 Å². The first-order valence-electron chi connectivity index (χ1n) is 5.17. The van der Waals surface area contributed by atoms with Crippen molar-refractivity contribution in [2.45, 2.75) is 13.8 Å². The van der Waals surface area contributed by atoms with E-state index in [1.54, 1.807) is 0 Å². The second-order valence-electron chi connectivity index (χ2n) is 3.92. The molecule has 0 saturated carbocycles. The molecule has 0 bridgehead atoms. The van der Waals surface area contributed by atoms with E-state index in [9.17, 15) is 9.18 Å². The summed E-state index contributed by atoms with van der Waals surface area (Å²) < 4.78 is 18.2. The van der Waals surface area contributed by atoms with Gasteiger partial charge < -0.3 is 10.1 Å². The summed E-state index contributed by atoms with van der Waals surface area (Å²) >= 11 is 0. The molecule has 0 heterocycles. The minimum absolute atomic E-state index is 0.0104. The van der Waals surface area contributed by atoms with Gasteiger partial charge in [-0.1, -0.05) is 19.9 Å². The number of para-hydroxylation sites is 1. The van der Waals surface area contributed by atoms with Gasteiger partial charge in [-0.25, -0.2) is 4.39 Å². The Labute approximate surface area is 94.6 Å². The van der Waals surface area contributed by atoms with Crippen molar-refractivity contribution < 1.29 is 13.9 Å². The minimum Gasteiger partial charge on any atom is -0.493 e. The van der Waals surface area contributed by atoms with Gasteiger partial charge in [0.25, 0.3) is 5.91 Å². The van der Waals surface area contributed by atoms with Crippen LogP contribution in [-0.2, 0) is 0 Å². The number of amides is 1. The van der Waals surface area contributed by atoms with Gasteiger partial charge in [0.05, 0.1) is 12.7 Å². The summed E-state index contributed by atoms with van der Waals surface area (Å²) in [5, 5.41) is 2.71. The van der Waals surface area contributed by atoms with Gasteiger partial charge in [0.1, 0.15) is 0 Å². The number of hydrogen-bond donors (Lipinski definition) is 1. The lowest BCUT2D eigenvalue weighted by molar-refractivity contribution is 0.0945. The number of halogens is 1. The molecule has 4 heteroatoms. The number of carbonyl (C=O) groups excluding carboxylic acids is 1. The summed E-state index contributed by atoms with van der Waals surface area (Å²) in [6.45, 7) is 4.53. The molecule has 88 valence electrons. The summed E-state index contributed by atoms with van der Waals surface area (Å²) in [5.74, 6) is -0.503. The molecule has 0 fully saturated rings. The van der Waals surface area contributed by atoms with Gasteiger partial charge in [-0.2, -0.15) is 0 Å². The fourth-order valence-electron chi connectivity index (χ4n) is 1.29. The Bertz CT molecular complexity index is 377. The van der Waals surface area contributed by atoms with E-state index in [4.69, 9.17) is 4.74 Å². The first kappa shape index (κ1) is 12.5. The first-order valence-corrected chi connectivity index (χ1v) is 5.17. The number of rotatable bonds is 4. The molecule has 1 aromatic rings. The van der Waals surface area contributed by atoms with E-state index in [-0.39, 0.29) is 17.2 Å². The molecular formula is C12H16FNO2. The topological polar surface area (TPSA) is 38.3 Å². The number of benzene rings is 1. The van der Waals surface area contributed by atoms with Gasteiger partial charge in [-0.05, 0) is 18.1 Å². The van der Waals surface area contributed by atoms with Crippen LogP contribution in [0.15, 0.2) is 18.2 Å². The van der Waals surface area contributed by atoms with Crippen molar-refractivity contribution in [3.8, 4) is 5.75 Å². The number of hydrogen-bond acceptors (Lipinski definition) is 2. The monoisotopic (exact) mass is 225 g/mol. The van der Waals surface area contributed by atoms with E-state index in [1.807, 2.05) is 13.8 Å². The van der Waals surface area contributed by atoms with Gasteiger partial charge >= 0.3 is 0 Å². The zero-order chi connectivity index (χ0) is 12.1. The number of carbonyl (C=O) groups is 1. The molecule has 0 aliphatic heterocycles. The summed E-state index contributed by atoms with van der Waals surface area (Å²) in [6.07, 6.45) is 0. The lowest BCUT2D eigenvalue weighted by Gasteiger charge is -2.11. The molecule has 16 heavy (non-hydrogen) atoms. The molecule has 3 nitrogen and oxygen atoms in total. The first-order chi connectivity index (χ1) is 7.56. The van der Waals surface area contributed by atoms with Crippen LogP contribution in [0.3, 0.4) is 0 Å². The van der Waals surface area contributed by atoms with Gasteiger partial charge in [-0.3, -0.25) is 4.79 Å². The number of methoxy groups -OCH3 is 1. The third-order valence-electron chi connectivity index (χ3n) is 2.09. The molecule has 1 amide bonds. The third kappa shape index (κ3) is 2.95. The summed E-state index contributed by atoms with van der Waals surface area (Å²) in [5.41, 5.74) is 0.225. The van der Waals surface area contributed by atoms with Gasteiger partial charge in [0.15, 0.2) is 11.6 Å². The van der Waals surface area contributed by atoms with Crippen LogP contribution in [0.4, 0.5) is 4.39 Å². The van der Waals surface area contributed by atoms with Crippen molar-refractivity contribution >= 4 is 5.91 Å². The summed E-state index contributed by atoms with van der Waals surface area (Å²) in [6, 6.07) is 4.29. The normalized spacial score (nSPS) is 10.3. The minimum atomic E-state index is -0.528. The standard InChI is InChI=1S/C12H16FNO2/c1-8(2)7-14-12(15)9-5-4-6-10(13)11(9)16-3/h4-6,8H,7H2,1-3H3,(H,14,15). The lowest BCUT2D eigenvalue weighted by atomic mass is 10.1. The van der Waals surface area contributed by atoms with Crippen molar-refractivity contribution in [1.29, 1.82) is 0 Å². The second-order valence-corrected chi connectivity index (χ2v) is 3.92. The van der Waals surface area contributed by atoms with E-state index < -0.39 is 5.82 Å². The highest BCUT2D eigenvalue weighted by atomic mass is 19.1. The number of nitrogens with one attached hydrogen (secondary N) is 1. The Morgan fingerprint density at radius 1 is 1.50 bits per heavy atom. The maximum absolute atomic E-state index is 13.3. The van der Waals surface area contributed by atoms with Crippen molar-refractivity contribution in [3.63, 3.8) is 0 Å². The van der Waals surface area contributed by atoms with Crippen molar-refractivity contribution in [2.24, 2.45) is 5.92 Å². The highest BCUT2D eigenvalue weighted by molar-refractivity contribution is 5.96. The van der Waals surface area contributed by atoms with Crippen LogP contribution in [0.1, 0.15) is 24.2 Å². The highest BCUT2D eigenvalue weighted by Crippen LogP contribution is 2.21. The molecule has 0 aliphatic carbocycles. The maximum atomic E-state index is 13.3. The van der Waals surface area contributed by atoms with Crippen LogP contribution in [-0.4, -0.2) is 19.6 Å². The molecule has 1 N–H and O–H groups in total. The molecule has 0 aliphatic rings. The zero-order valence-electron chi connectivity index (χ0n) is 9.71. The van der Waals surface area contributed by atoms with Crippen LogP contribution < -0.4 is 10.1 Å². The molecule has 0 spiro atoms.